The number of hydrogen-bond acceptors (Lipinski definition) is 4. The smallest absolute Gasteiger partial charge is 0.138 e. The number of aromatic amines is 1. The number of benzene rings is 2. The molecule has 3 heterocycles. The summed E-state index contributed by atoms with van der Waals surface area (Å²) in [5.41, 5.74) is 6.30. The number of nitrogens with zero attached hydrogens (tertiary/aromatic N) is 3. The third-order valence-corrected chi connectivity index (χ3v) is 6.89. The molecule has 1 aliphatic heterocycles. The van der Waals surface area contributed by atoms with Gasteiger partial charge in [0.2, 0.25) is 0 Å². The molecule has 0 spiro atoms. The predicted octanol–water partition coefficient (Wildman–Crippen LogP) is 5.82. The molecule has 2 aromatic heterocycles. The minimum atomic E-state index is -0.278. The van der Waals surface area contributed by atoms with Gasteiger partial charge in [-0.05, 0) is 79.5 Å². The molecule has 1 N–H and O–H groups in total. The number of nitrogens with one attached hydrogen (secondary N) is 1. The molecule has 0 radical (unpaired) electrons. The van der Waals surface area contributed by atoms with Gasteiger partial charge < -0.3 is 14.6 Å². The highest BCUT2D eigenvalue weighted by molar-refractivity contribution is 5.95. The first-order chi connectivity index (χ1) is 16.5. The Morgan fingerprint density at radius 3 is 2.50 bits per heavy atom. The second kappa shape index (κ2) is 9.47. The molecule has 6 heteroatoms. The fourth-order valence-electron chi connectivity index (χ4n) is 4.95. The SMILES string of the molecule is COc1ccc(F)cc1-c1ccnc2[nH]c(C3CCN(Cc4ccc(N(C)C)cc4)CC3)cc12. The number of rotatable bonds is 6. The van der Waals surface area contributed by atoms with Crippen LogP contribution in [-0.2, 0) is 6.54 Å². The molecule has 0 saturated carbocycles. The lowest BCUT2D eigenvalue weighted by molar-refractivity contribution is 0.203. The predicted molar refractivity (Wildman–Crippen MR) is 136 cm³/mol. The topological polar surface area (TPSA) is 44.4 Å². The van der Waals surface area contributed by atoms with E-state index in [0.29, 0.717) is 11.7 Å². The van der Waals surface area contributed by atoms with Crippen molar-refractivity contribution in [3.8, 4) is 16.9 Å². The van der Waals surface area contributed by atoms with Gasteiger partial charge in [-0.25, -0.2) is 9.37 Å². The second-order valence-electron chi connectivity index (χ2n) is 9.30. The highest BCUT2D eigenvalue weighted by atomic mass is 19.1. The zero-order chi connectivity index (χ0) is 23.7. The summed E-state index contributed by atoms with van der Waals surface area (Å²) in [6.45, 7) is 3.11. The number of halogens is 1. The average Bonchev–Trinajstić information content (AvgIpc) is 3.29. The van der Waals surface area contributed by atoms with Crippen LogP contribution in [-0.4, -0.2) is 49.2 Å². The van der Waals surface area contributed by atoms with Crippen molar-refractivity contribution in [3.05, 3.63) is 77.9 Å². The molecular formula is C28H31FN4O. The Morgan fingerprint density at radius 1 is 1.03 bits per heavy atom. The normalized spacial score (nSPS) is 15.1. The van der Waals surface area contributed by atoms with Crippen LogP contribution in [0.2, 0.25) is 0 Å². The Kier molecular flexibility index (Phi) is 6.24. The number of piperidine rings is 1. The zero-order valence-electron chi connectivity index (χ0n) is 20.0. The number of methoxy groups -OCH3 is 1. The van der Waals surface area contributed by atoms with Gasteiger partial charge in [0, 0.05) is 55.1 Å². The third kappa shape index (κ3) is 4.50. The van der Waals surface area contributed by atoms with E-state index in [2.05, 4.69) is 64.2 Å². The standard InChI is InChI=1S/C28H31FN4O/c1-32(2)22-7-4-19(5-8-22)18-33-14-11-20(12-15-33)26-17-25-23(10-13-30-28(25)31-26)24-16-21(29)6-9-27(24)34-3/h4-10,13,16-17,20H,11-12,14-15,18H2,1-3H3,(H,30,31). The molecule has 1 fully saturated rings. The molecule has 4 aromatic rings. The van der Waals surface area contributed by atoms with Crippen LogP contribution < -0.4 is 9.64 Å². The van der Waals surface area contributed by atoms with E-state index >= 15 is 0 Å². The lowest BCUT2D eigenvalue weighted by Crippen LogP contribution is -2.32. The Balaban J connectivity index is 1.31. The van der Waals surface area contributed by atoms with Crippen molar-refractivity contribution in [1.82, 2.24) is 14.9 Å². The molecule has 0 unspecified atom stereocenters. The van der Waals surface area contributed by atoms with Crippen molar-refractivity contribution in [2.45, 2.75) is 25.3 Å². The van der Waals surface area contributed by atoms with Crippen LogP contribution in [0.5, 0.6) is 5.75 Å². The van der Waals surface area contributed by atoms with Gasteiger partial charge in [-0.15, -0.1) is 0 Å². The highest BCUT2D eigenvalue weighted by Crippen LogP contribution is 2.37. The molecular weight excluding hydrogens is 427 g/mol. The van der Waals surface area contributed by atoms with Crippen molar-refractivity contribution in [2.24, 2.45) is 0 Å². The fraction of sp³-hybridized carbons (Fsp3) is 0.321. The van der Waals surface area contributed by atoms with Gasteiger partial charge in [0.15, 0.2) is 0 Å². The van der Waals surface area contributed by atoms with E-state index < -0.39 is 0 Å². The minimum Gasteiger partial charge on any atom is -0.496 e. The van der Waals surface area contributed by atoms with Crippen LogP contribution in [0.4, 0.5) is 10.1 Å². The van der Waals surface area contributed by atoms with Crippen LogP contribution in [0, 0.1) is 5.82 Å². The summed E-state index contributed by atoms with van der Waals surface area (Å²) in [5.74, 6) is 0.840. The number of anilines is 1. The van der Waals surface area contributed by atoms with E-state index in [1.54, 1.807) is 19.4 Å². The summed E-state index contributed by atoms with van der Waals surface area (Å²) in [5, 5.41) is 1.00. The number of H-pyrrole nitrogens is 1. The monoisotopic (exact) mass is 458 g/mol. The van der Waals surface area contributed by atoms with E-state index in [-0.39, 0.29) is 5.82 Å². The van der Waals surface area contributed by atoms with Crippen LogP contribution in [0.15, 0.2) is 60.8 Å². The van der Waals surface area contributed by atoms with Crippen LogP contribution in [0.25, 0.3) is 22.2 Å². The van der Waals surface area contributed by atoms with Gasteiger partial charge in [-0.2, -0.15) is 0 Å². The molecule has 0 amide bonds. The van der Waals surface area contributed by atoms with Gasteiger partial charge in [0.1, 0.15) is 17.2 Å². The molecule has 176 valence electrons. The van der Waals surface area contributed by atoms with E-state index in [9.17, 15) is 4.39 Å². The molecule has 1 saturated heterocycles. The van der Waals surface area contributed by atoms with Gasteiger partial charge in [-0.1, -0.05) is 12.1 Å². The Labute approximate surface area is 200 Å². The van der Waals surface area contributed by atoms with Crippen LogP contribution >= 0.6 is 0 Å². The van der Waals surface area contributed by atoms with Gasteiger partial charge >= 0.3 is 0 Å². The summed E-state index contributed by atoms with van der Waals surface area (Å²) in [6, 6.07) is 17.6. The molecule has 5 rings (SSSR count). The first-order valence-electron chi connectivity index (χ1n) is 11.8. The number of hydrogen-bond donors (Lipinski definition) is 1. The van der Waals surface area contributed by atoms with Crippen LogP contribution in [0.1, 0.15) is 30.0 Å². The van der Waals surface area contributed by atoms with E-state index in [4.69, 9.17) is 4.74 Å². The number of aromatic nitrogens is 2. The fourth-order valence-corrected chi connectivity index (χ4v) is 4.95. The molecule has 1 aliphatic rings. The maximum absolute atomic E-state index is 14.0. The minimum absolute atomic E-state index is 0.278. The van der Waals surface area contributed by atoms with E-state index in [0.717, 1.165) is 54.6 Å². The molecule has 0 bridgehead atoms. The second-order valence-corrected chi connectivity index (χ2v) is 9.30. The third-order valence-electron chi connectivity index (χ3n) is 6.89. The van der Waals surface area contributed by atoms with Crippen molar-refractivity contribution in [2.75, 3.05) is 39.2 Å². The summed E-state index contributed by atoms with van der Waals surface area (Å²) < 4.78 is 19.5. The molecule has 34 heavy (non-hydrogen) atoms. The first kappa shape index (κ1) is 22.4. The maximum Gasteiger partial charge on any atom is 0.138 e. The van der Waals surface area contributed by atoms with Crippen molar-refractivity contribution >= 4 is 16.7 Å². The highest BCUT2D eigenvalue weighted by Gasteiger charge is 2.23. The van der Waals surface area contributed by atoms with Gasteiger partial charge in [0.25, 0.3) is 0 Å². The molecule has 5 nitrogen and oxygen atoms in total. The number of likely N-dealkylation sites (tertiary alicyclic amines) is 1. The summed E-state index contributed by atoms with van der Waals surface area (Å²) >= 11 is 0. The Morgan fingerprint density at radius 2 is 1.79 bits per heavy atom. The molecule has 2 aromatic carbocycles. The van der Waals surface area contributed by atoms with E-state index in [1.807, 2.05) is 6.07 Å². The summed E-state index contributed by atoms with van der Waals surface area (Å²) in [7, 11) is 5.75. The summed E-state index contributed by atoms with van der Waals surface area (Å²) in [6.07, 6.45) is 3.97. The average molecular weight is 459 g/mol. The van der Waals surface area contributed by atoms with Gasteiger partial charge in [0.05, 0.1) is 7.11 Å². The molecule has 0 atom stereocenters. The van der Waals surface area contributed by atoms with Crippen molar-refractivity contribution < 1.29 is 9.13 Å². The van der Waals surface area contributed by atoms with Crippen molar-refractivity contribution in [3.63, 3.8) is 0 Å². The van der Waals surface area contributed by atoms with Crippen molar-refractivity contribution in [1.29, 1.82) is 0 Å². The Bertz CT molecular complexity index is 1270. The lowest BCUT2D eigenvalue weighted by atomic mass is 9.93. The quantitative estimate of drug-likeness (QED) is 0.395. The zero-order valence-corrected chi connectivity index (χ0v) is 20.0. The Hall–Kier alpha value is -3.38. The van der Waals surface area contributed by atoms with Crippen LogP contribution in [0.3, 0.4) is 0 Å². The number of pyridine rings is 1. The maximum atomic E-state index is 14.0. The first-order valence-corrected chi connectivity index (χ1v) is 11.8. The summed E-state index contributed by atoms with van der Waals surface area (Å²) in [4.78, 5) is 12.7. The number of fused-ring (bicyclic) bond motifs is 1. The lowest BCUT2D eigenvalue weighted by Gasteiger charge is -2.31. The largest absolute Gasteiger partial charge is 0.496 e. The van der Waals surface area contributed by atoms with Gasteiger partial charge in [-0.3, -0.25) is 4.90 Å². The number of ether oxygens (including phenoxy) is 1. The van der Waals surface area contributed by atoms with E-state index in [1.165, 1.54) is 29.1 Å². The molecule has 0 aliphatic carbocycles.